The summed E-state index contributed by atoms with van der Waals surface area (Å²) in [6, 6.07) is 8.74. The summed E-state index contributed by atoms with van der Waals surface area (Å²) in [7, 11) is 15.8. The minimum atomic E-state index is -0.463. The van der Waals surface area contributed by atoms with Gasteiger partial charge in [-0.1, -0.05) is 0 Å². The van der Waals surface area contributed by atoms with E-state index in [2.05, 4.69) is 38.1 Å². The number of benzene rings is 1. The molecular formula is C13H17B6. The number of hydrogen-bond donors (Lipinski definition) is 0. The van der Waals surface area contributed by atoms with Crippen LogP contribution < -0.4 is 5.46 Å². The first-order valence-corrected chi connectivity index (χ1v) is 7.01. The maximum absolute atomic E-state index is 4.89. The molecule has 0 amide bonds. The van der Waals surface area contributed by atoms with Crippen LogP contribution in [0.15, 0.2) is 24.3 Å². The molecule has 1 aromatic rings. The Kier molecular flexibility index (Phi) is 8.17. The van der Waals surface area contributed by atoms with Gasteiger partial charge in [0.05, 0.1) is 0 Å². The van der Waals surface area contributed by atoms with Gasteiger partial charge in [0.15, 0.2) is 0 Å². The first-order chi connectivity index (χ1) is 9.17. The van der Waals surface area contributed by atoms with Crippen LogP contribution in [-0.4, -0.2) is 49.0 Å². The summed E-state index contributed by atoms with van der Waals surface area (Å²) in [6.45, 7) is 4.64. The summed E-state index contributed by atoms with van der Waals surface area (Å²) in [6.07, 6.45) is 6.07. The van der Waals surface area contributed by atoms with E-state index in [0.29, 0.717) is 0 Å². The van der Waals surface area contributed by atoms with E-state index in [0.717, 1.165) is 0 Å². The normalized spacial score (nSPS) is 11.5. The van der Waals surface area contributed by atoms with Crippen LogP contribution in [0.1, 0.15) is 38.2 Å². The fourth-order valence-electron chi connectivity index (χ4n) is 2.11. The van der Waals surface area contributed by atoms with Gasteiger partial charge in [-0.15, -0.1) is 0 Å². The third-order valence-electron chi connectivity index (χ3n) is 3.16. The molecule has 0 nitrogen and oxygen atoms in total. The Bertz CT molecular complexity index is 402. The van der Waals surface area contributed by atoms with Crippen LogP contribution in [-0.2, 0) is 6.42 Å². The Balaban J connectivity index is 0.000000312. The van der Waals surface area contributed by atoms with Crippen LogP contribution in [0.3, 0.4) is 0 Å². The van der Waals surface area contributed by atoms with Crippen molar-refractivity contribution >= 4 is 54.5 Å². The summed E-state index contributed by atoms with van der Waals surface area (Å²) in [5.74, 6) is 0. The van der Waals surface area contributed by atoms with E-state index in [1.807, 2.05) is 0 Å². The van der Waals surface area contributed by atoms with Gasteiger partial charge in [-0.25, -0.2) is 0 Å². The Hall–Kier alpha value is -0.520. The molecule has 0 spiro atoms. The largest absolute Gasteiger partial charge is 0 e. The van der Waals surface area contributed by atoms with Gasteiger partial charge >= 0.3 is 86.7 Å². The van der Waals surface area contributed by atoms with E-state index in [4.69, 9.17) is 23.2 Å². The van der Waals surface area contributed by atoms with E-state index >= 15 is 0 Å². The van der Waals surface area contributed by atoms with Crippen molar-refractivity contribution in [2.24, 2.45) is 0 Å². The molecule has 2 rings (SSSR count). The molecule has 1 heterocycles. The van der Waals surface area contributed by atoms with Gasteiger partial charge in [0.1, 0.15) is 0 Å². The molecule has 87 valence electrons. The molecule has 0 N–H and O–H groups in total. The van der Waals surface area contributed by atoms with Gasteiger partial charge in [0, 0.05) is 36.7 Å². The third-order valence-corrected chi connectivity index (χ3v) is 3.16. The summed E-state index contributed by atoms with van der Waals surface area (Å²) in [5.41, 5.74) is 4.58. The minimum Gasteiger partial charge on any atom is 0 e. The third kappa shape index (κ3) is 6.45. The van der Waals surface area contributed by atoms with Crippen molar-refractivity contribution in [2.45, 2.75) is 39.0 Å². The van der Waals surface area contributed by atoms with Crippen molar-refractivity contribution in [3.8, 4) is 0 Å². The molecule has 1 aliphatic heterocycles. The van der Waals surface area contributed by atoms with Crippen LogP contribution in [0.5, 0.6) is 0 Å². The van der Waals surface area contributed by atoms with Crippen molar-refractivity contribution < 1.29 is 0 Å². The van der Waals surface area contributed by atoms with Crippen molar-refractivity contribution in [1.82, 2.24) is 0 Å². The van der Waals surface area contributed by atoms with Crippen molar-refractivity contribution in [2.75, 3.05) is 0 Å². The molecule has 1 aromatic carbocycles. The Morgan fingerprint density at radius 1 is 1.26 bits per heavy atom. The van der Waals surface area contributed by atoms with Gasteiger partial charge in [0.2, 0.25) is 0 Å². The maximum atomic E-state index is 4.89. The summed E-state index contributed by atoms with van der Waals surface area (Å²) in [5, 5.41) is 0. The van der Waals surface area contributed by atoms with Crippen LogP contribution >= 0.6 is 0 Å². The molecule has 7 radical (unpaired) electrons. The van der Waals surface area contributed by atoms with Crippen molar-refractivity contribution in [3.63, 3.8) is 0 Å². The summed E-state index contributed by atoms with van der Waals surface area (Å²) < 4.78 is 0. The Labute approximate surface area is 123 Å². The average Bonchev–Trinajstić information content (AvgIpc) is 2.82. The van der Waals surface area contributed by atoms with Crippen LogP contribution in [0.2, 0.25) is 0 Å². The molecule has 6 heteroatoms. The Morgan fingerprint density at radius 3 is 2.53 bits per heavy atom. The van der Waals surface area contributed by atoms with E-state index in [1.165, 1.54) is 50.2 Å². The average molecular weight is 238 g/mol. The zero-order valence-electron chi connectivity index (χ0n) is 11.8. The molecule has 0 bridgehead atoms. The van der Waals surface area contributed by atoms with Crippen LogP contribution in [0.25, 0.3) is 0 Å². The number of fused-ring (bicyclic) bond motifs is 1. The van der Waals surface area contributed by atoms with Crippen molar-refractivity contribution in [1.29, 1.82) is 0 Å². The van der Waals surface area contributed by atoms with Crippen molar-refractivity contribution in [3.05, 3.63) is 29.8 Å². The first-order valence-electron chi connectivity index (χ1n) is 7.01. The van der Waals surface area contributed by atoms with E-state index in [1.54, 1.807) is 5.46 Å². The quantitative estimate of drug-likeness (QED) is 0.515. The van der Waals surface area contributed by atoms with Crippen LogP contribution in [0, 0.1) is 0 Å². The zero-order valence-corrected chi connectivity index (χ0v) is 11.8. The molecule has 0 saturated carbocycles. The van der Waals surface area contributed by atoms with Gasteiger partial charge in [-0.05, 0) is 0 Å². The fraction of sp³-hybridized carbons (Fsp3) is 0.462. The molecule has 0 saturated heterocycles. The summed E-state index contributed by atoms with van der Waals surface area (Å²) >= 11 is 0. The van der Waals surface area contributed by atoms with E-state index in [9.17, 15) is 0 Å². The molecule has 0 aliphatic carbocycles. The first kappa shape index (κ1) is 16.5. The van der Waals surface area contributed by atoms with E-state index < -0.39 is 6.39 Å². The Morgan fingerprint density at radius 2 is 1.95 bits per heavy atom. The molecular weight excluding hydrogens is 221 g/mol. The predicted octanol–water partition coefficient (Wildman–Crippen LogP) is 0.421. The number of rotatable bonds is 5. The van der Waals surface area contributed by atoms with Gasteiger partial charge in [-0.2, -0.15) is 0 Å². The molecule has 1 aliphatic rings. The topological polar surface area (TPSA) is 0 Å². The molecule has 0 aromatic heterocycles. The SMILES string of the molecule is CCCCCC1=Bc2ccccc2C1.[B][B]B([B])[B]. The summed E-state index contributed by atoms with van der Waals surface area (Å²) in [4.78, 5) is 0. The standard InChI is InChI=1S/C13H17B.B5/c1-2-3-4-8-12-10-11-7-5-6-9-13(11)14-12;1-4-5(2)3/h5-7,9H,2-4,8,10H2,1H3;. The second-order valence-corrected chi connectivity index (χ2v) is 4.91. The number of unbranched alkanes of at least 4 members (excludes halogenated alkanes) is 2. The molecule has 0 atom stereocenters. The zero-order chi connectivity index (χ0) is 14.1. The van der Waals surface area contributed by atoms with Gasteiger partial charge in [0.25, 0.3) is 0 Å². The monoisotopic (exact) mass is 239 g/mol. The van der Waals surface area contributed by atoms with Gasteiger partial charge < -0.3 is 0 Å². The second kappa shape index (κ2) is 9.39. The maximum Gasteiger partial charge on any atom is 0 e. The molecule has 0 fully saturated rings. The fourth-order valence-corrected chi connectivity index (χ4v) is 2.11. The smallest absolute Gasteiger partial charge is 0 e. The number of hydrogen-bond acceptors (Lipinski definition) is 0. The molecule has 19 heavy (non-hydrogen) atoms. The van der Waals surface area contributed by atoms with Gasteiger partial charge in [-0.3, -0.25) is 0 Å². The predicted molar refractivity (Wildman–Crippen MR) is 93.5 cm³/mol. The van der Waals surface area contributed by atoms with Crippen LogP contribution in [0.4, 0.5) is 0 Å². The molecule has 0 unspecified atom stereocenters. The van der Waals surface area contributed by atoms with E-state index in [-0.39, 0.29) is 0 Å². The minimum absolute atomic E-state index is 0.463. The second-order valence-electron chi connectivity index (χ2n) is 4.91.